The predicted octanol–water partition coefficient (Wildman–Crippen LogP) is 3.35. The Morgan fingerprint density at radius 3 is 2.41 bits per heavy atom. The van der Waals surface area contributed by atoms with E-state index in [1.165, 1.54) is 0 Å². The van der Waals surface area contributed by atoms with Gasteiger partial charge in [-0.05, 0) is 42.2 Å². The summed E-state index contributed by atoms with van der Waals surface area (Å²) in [5.74, 6) is -0.248. The van der Waals surface area contributed by atoms with Crippen molar-refractivity contribution in [3.8, 4) is 0 Å². The Bertz CT molecular complexity index is 926. The molecule has 0 radical (unpaired) electrons. The van der Waals surface area contributed by atoms with Gasteiger partial charge in [0.05, 0.1) is 11.5 Å². The minimum absolute atomic E-state index is 0.0767. The molecule has 29 heavy (non-hydrogen) atoms. The fourth-order valence-corrected chi connectivity index (χ4v) is 4.86. The number of rotatable bonds is 8. The van der Waals surface area contributed by atoms with Crippen LogP contribution in [-0.4, -0.2) is 38.3 Å². The van der Waals surface area contributed by atoms with Crippen LogP contribution < -0.4 is 5.32 Å². The van der Waals surface area contributed by atoms with E-state index in [2.05, 4.69) is 5.32 Å². The molecule has 1 fully saturated rings. The van der Waals surface area contributed by atoms with Crippen molar-refractivity contribution in [1.82, 2.24) is 9.62 Å². The zero-order chi connectivity index (χ0) is 20.7. The highest BCUT2D eigenvalue weighted by Gasteiger charge is 2.25. The number of nitrogens with zero attached hydrogens (tertiary/aromatic N) is 1. The Morgan fingerprint density at radius 1 is 1.03 bits per heavy atom. The van der Waals surface area contributed by atoms with Gasteiger partial charge < -0.3 is 10.1 Å². The average Bonchev–Trinajstić information content (AvgIpc) is 2.74. The first kappa shape index (κ1) is 21.8. The zero-order valence-electron chi connectivity index (χ0n) is 16.1. The fraction of sp³-hybridized carbons (Fsp3) is 0.381. The largest absolute Gasteiger partial charge is 0.367 e. The van der Waals surface area contributed by atoms with Gasteiger partial charge in [0.1, 0.15) is 6.61 Å². The number of sulfonamides is 1. The van der Waals surface area contributed by atoms with Crippen molar-refractivity contribution in [2.45, 2.75) is 37.3 Å². The highest BCUT2D eigenvalue weighted by molar-refractivity contribution is 7.89. The van der Waals surface area contributed by atoms with Gasteiger partial charge in [0.25, 0.3) is 0 Å². The SMILES string of the molecule is O=C(COCc1ccccc1Cl)NCc1ccc(S(=O)(=O)N2CCCCC2)cc1. The van der Waals surface area contributed by atoms with Gasteiger partial charge in [0.15, 0.2) is 0 Å². The van der Waals surface area contributed by atoms with Crippen LogP contribution in [-0.2, 0) is 32.7 Å². The molecule has 6 nitrogen and oxygen atoms in total. The molecule has 0 bridgehead atoms. The molecule has 0 saturated carbocycles. The van der Waals surface area contributed by atoms with Crippen molar-refractivity contribution >= 4 is 27.5 Å². The van der Waals surface area contributed by atoms with E-state index in [0.29, 0.717) is 24.7 Å². The van der Waals surface area contributed by atoms with Gasteiger partial charge >= 0.3 is 0 Å². The summed E-state index contributed by atoms with van der Waals surface area (Å²) in [5.41, 5.74) is 1.65. The number of nitrogens with one attached hydrogen (secondary N) is 1. The topological polar surface area (TPSA) is 75.7 Å². The number of ether oxygens (including phenoxy) is 1. The molecule has 1 saturated heterocycles. The van der Waals surface area contributed by atoms with E-state index in [0.717, 1.165) is 30.4 Å². The third kappa shape index (κ3) is 6.02. The van der Waals surface area contributed by atoms with Crippen LogP contribution >= 0.6 is 11.6 Å². The predicted molar refractivity (Wildman–Crippen MR) is 112 cm³/mol. The molecule has 2 aromatic rings. The standard InChI is InChI=1S/C21H25ClN2O4S/c22-20-7-3-2-6-18(20)15-28-16-21(25)23-14-17-8-10-19(11-9-17)29(26,27)24-12-4-1-5-13-24/h2-3,6-11H,1,4-5,12-16H2,(H,23,25). The summed E-state index contributed by atoms with van der Waals surface area (Å²) in [4.78, 5) is 12.2. The average molecular weight is 437 g/mol. The summed E-state index contributed by atoms with van der Waals surface area (Å²) in [7, 11) is -3.44. The third-order valence-electron chi connectivity index (χ3n) is 4.81. The minimum Gasteiger partial charge on any atom is -0.367 e. The van der Waals surface area contributed by atoms with E-state index in [-0.39, 0.29) is 24.0 Å². The maximum Gasteiger partial charge on any atom is 0.246 e. The second-order valence-corrected chi connectivity index (χ2v) is 9.31. The molecule has 1 heterocycles. The Labute approximate surface area is 176 Å². The lowest BCUT2D eigenvalue weighted by molar-refractivity contribution is -0.126. The van der Waals surface area contributed by atoms with E-state index >= 15 is 0 Å². The molecule has 156 valence electrons. The van der Waals surface area contributed by atoms with E-state index in [9.17, 15) is 13.2 Å². The van der Waals surface area contributed by atoms with Gasteiger partial charge in [0, 0.05) is 24.7 Å². The number of amides is 1. The Balaban J connectivity index is 1.46. The number of hydrogen-bond acceptors (Lipinski definition) is 4. The van der Waals surface area contributed by atoms with Crippen molar-refractivity contribution in [3.05, 3.63) is 64.7 Å². The third-order valence-corrected chi connectivity index (χ3v) is 7.10. The number of carbonyl (C=O) groups excluding carboxylic acids is 1. The van der Waals surface area contributed by atoms with E-state index in [1.54, 1.807) is 34.6 Å². The molecule has 1 aliphatic rings. The summed E-state index contributed by atoms with van der Waals surface area (Å²) in [5, 5.41) is 3.37. The minimum atomic E-state index is -3.44. The zero-order valence-corrected chi connectivity index (χ0v) is 17.7. The van der Waals surface area contributed by atoms with Gasteiger partial charge in [-0.1, -0.05) is 48.4 Å². The van der Waals surface area contributed by atoms with Gasteiger partial charge in [-0.3, -0.25) is 4.79 Å². The molecule has 1 N–H and O–H groups in total. The van der Waals surface area contributed by atoms with Crippen LogP contribution in [0.1, 0.15) is 30.4 Å². The number of hydrogen-bond donors (Lipinski definition) is 1. The Hall–Kier alpha value is -1.93. The van der Waals surface area contributed by atoms with Crippen LogP contribution in [0.5, 0.6) is 0 Å². The van der Waals surface area contributed by atoms with Gasteiger partial charge in [0.2, 0.25) is 15.9 Å². The van der Waals surface area contributed by atoms with Crippen LogP contribution in [0, 0.1) is 0 Å². The molecule has 2 aromatic carbocycles. The van der Waals surface area contributed by atoms with E-state index < -0.39 is 10.0 Å². The first-order valence-electron chi connectivity index (χ1n) is 9.64. The molecule has 0 spiro atoms. The fourth-order valence-electron chi connectivity index (χ4n) is 3.15. The van der Waals surface area contributed by atoms with Crippen molar-refractivity contribution in [3.63, 3.8) is 0 Å². The molecule has 8 heteroatoms. The summed E-state index contributed by atoms with van der Waals surface area (Å²) in [6.07, 6.45) is 2.89. The lowest BCUT2D eigenvalue weighted by atomic mass is 10.2. The molecule has 1 aliphatic heterocycles. The summed E-state index contributed by atoms with van der Waals surface area (Å²) >= 11 is 6.05. The molecule has 0 atom stereocenters. The first-order chi connectivity index (χ1) is 14.0. The Morgan fingerprint density at radius 2 is 1.72 bits per heavy atom. The summed E-state index contributed by atoms with van der Waals surface area (Å²) in [6.45, 7) is 1.64. The lowest BCUT2D eigenvalue weighted by Crippen LogP contribution is -2.35. The second kappa shape index (κ2) is 10.2. The molecule has 0 aromatic heterocycles. The number of halogens is 1. The maximum absolute atomic E-state index is 12.7. The quantitative estimate of drug-likeness (QED) is 0.688. The highest BCUT2D eigenvalue weighted by Crippen LogP contribution is 2.21. The normalized spacial score (nSPS) is 15.2. The van der Waals surface area contributed by atoms with Crippen molar-refractivity contribution in [2.75, 3.05) is 19.7 Å². The molecule has 1 amide bonds. The number of piperidine rings is 1. The highest BCUT2D eigenvalue weighted by atomic mass is 35.5. The first-order valence-corrected chi connectivity index (χ1v) is 11.5. The van der Waals surface area contributed by atoms with Crippen LogP contribution in [0.4, 0.5) is 0 Å². The van der Waals surface area contributed by atoms with Gasteiger partial charge in [-0.2, -0.15) is 4.31 Å². The molecule has 3 rings (SSSR count). The smallest absolute Gasteiger partial charge is 0.246 e. The van der Waals surface area contributed by atoms with E-state index in [4.69, 9.17) is 16.3 Å². The molecular weight excluding hydrogens is 412 g/mol. The summed E-state index contributed by atoms with van der Waals surface area (Å²) < 4.78 is 32.3. The number of carbonyl (C=O) groups is 1. The van der Waals surface area contributed by atoms with Crippen molar-refractivity contribution in [1.29, 1.82) is 0 Å². The van der Waals surface area contributed by atoms with Gasteiger partial charge in [-0.25, -0.2) is 8.42 Å². The summed E-state index contributed by atoms with van der Waals surface area (Å²) in [6, 6.07) is 14.0. The van der Waals surface area contributed by atoms with Crippen LogP contribution in [0.2, 0.25) is 5.02 Å². The van der Waals surface area contributed by atoms with Crippen LogP contribution in [0.3, 0.4) is 0 Å². The molecular formula is C21H25ClN2O4S. The van der Waals surface area contributed by atoms with E-state index in [1.807, 2.05) is 18.2 Å². The Kier molecular flexibility index (Phi) is 7.66. The van der Waals surface area contributed by atoms with Crippen LogP contribution in [0.25, 0.3) is 0 Å². The van der Waals surface area contributed by atoms with Crippen molar-refractivity contribution < 1.29 is 17.9 Å². The van der Waals surface area contributed by atoms with Gasteiger partial charge in [-0.15, -0.1) is 0 Å². The lowest BCUT2D eigenvalue weighted by Gasteiger charge is -2.25. The molecule has 0 aliphatic carbocycles. The van der Waals surface area contributed by atoms with Crippen LogP contribution in [0.15, 0.2) is 53.4 Å². The maximum atomic E-state index is 12.7. The second-order valence-electron chi connectivity index (χ2n) is 6.97. The number of benzene rings is 2. The molecule has 0 unspecified atom stereocenters. The van der Waals surface area contributed by atoms with Crippen molar-refractivity contribution in [2.24, 2.45) is 0 Å². The monoisotopic (exact) mass is 436 g/mol.